The standard InChI is InChI=1S/C7H7BrN2O2/c1-5(11)10-9-3-7-2-6(8)4-12-7/h2-4H,1H3,(H,10,11)/b9-3+. The van der Waals surface area contributed by atoms with Crippen molar-refractivity contribution in [3.63, 3.8) is 0 Å². The Bertz CT molecular complexity index is 306. The number of nitrogens with one attached hydrogen (secondary N) is 1. The van der Waals surface area contributed by atoms with Crippen molar-refractivity contribution in [3.05, 3.63) is 22.6 Å². The Hall–Kier alpha value is -1.10. The average molecular weight is 231 g/mol. The molecular formula is C7H7BrN2O2. The molecule has 4 nitrogen and oxygen atoms in total. The first-order valence-corrected chi connectivity index (χ1v) is 4.01. The van der Waals surface area contributed by atoms with Gasteiger partial charge in [-0.2, -0.15) is 5.10 Å². The average Bonchev–Trinajstić information content (AvgIpc) is 2.35. The van der Waals surface area contributed by atoms with Gasteiger partial charge in [-0.1, -0.05) is 0 Å². The summed E-state index contributed by atoms with van der Waals surface area (Å²) in [5, 5.41) is 3.62. The molecule has 0 aliphatic rings. The fraction of sp³-hybridized carbons (Fsp3) is 0.143. The van der Waals surface area contributed by atoms with E-state index in [1.807, 2.05) is 0 Å². The van der Waals surface area contributed by atoms with E-state index in [0.29, 0.717) is 5.76 Å². The van der Waals surface area contributed by atoms with Gasteiger partial charge < -0.3 is 4.42 Å². The van der Waals surface area contributed by atoms with E-state index in [4.69, 9.17) is 4.42 Å². The Balaban J connectivity index is 2.52. The number of carbonyl (C=O) groups is 1. The first-order valence-electron chi connectivity index (χ1n) is 3.22. The Morgan fingerprint density at radius 2 is 2.58 bits per heavy atom. The molecule has 5 heteroatoms. The molecule has 0 saturated carbocycles. The molecule has 0 aromatic carbocycles. The number of halogens is 1. The van der Waals surface area contributed by atoms with Gasteiger partial charge in [-0.15, -0.1) is 0 Å². The number of carbonyl (C=O) groups excluding carboxylic acids is 1. The molecule has 0 spiro atoms. The molecular weight excluding hydrogens is 224 g/mol. The molecule has 1 N–H and O–H groups in total. The number of amides is 1. The highest BCUT2D eigenvalue weighted by Crippen LogP contribution is 2.11. The fourth-order valence-corrected chi connectivity index (χ4v) is 0.902. The van der Waals surface area contributed by atoms with E-state index in [-0.39, 0.29) is 5.91 Å². The van der Waals surface area contributed by atoms with Crippen LogP contribution < -0.4 is 5.43 Å². The summed E-state index contributed by atoms with van der Waals surface area (Å²) in [6.45, 7) is 1.38. The molecule has 1 amide bonds. The van der Waals surface area contributed by atoms with Crippen LogP contribution in [0.4, 0.5) is 0 Å². The summed E-state index contributed by atoms with van der Waals surface area (Å²) in [5.74, 6) is 0.368. The Morgan fingerprint density at radius 1 is 1.83 bits per heavy atom. The Labute approximate surface area is 77.8 Å². The second kappa shape index (κ2) is 4.06. The molecule has 64 valence electrons. The molecule has 0 aliphatic carbocycles. The van der Waals surface area contributed by atoms with Gasteiger partial charge in [0.1, 0.15) is 12.0 Å². The first-order chi connectivity index (χ1) is 5.68. The summed E-state index contributed by atoms with van der Waals surface area (Å²) >= 11 is 3.21. The maximum atomic E-state index is 10.4. The van der Waals surface area contributed by atoms with Crippen LogP contribution in [-0.4, -0.2) is 12.1 Å². The maximum absolute atomic E-state index is 10.4. The number of rotatable bonds is 2. The van der Waals surface area contributed by atoms with Crippen molar-refractivity contribution in [2.24, 2.45) is 5.10 Å². The van der Waals surface area contributed by atoms with Crippen molar-refractivity contribution in [1.29, 1.82) is 0 Å². The SMILES string of the molecule is CC(=O)N/N=C/c1cc(Br)co1. The largest absolute Gasteiger partial charge is 0.462 e. The fourth-order valence-electron chi connectivity index (χ4n) is 0.583. The molecule has 0 unspecified atom stereocenters. The quantitative estimate of drug-likeness (QED) is 0.619. The zero-order valence-electron chi connectivity index (χ0n) is 6.37. The van der Waals surface area contributed by atoms with E-state index in [1.165, 1.54) is 19.4 Å². The van der Waals surface area contributed by atoms with E-state index in [0.717, 1.165) is 4.47 Å². The van der Waals surface area contributed by atoms with E-state index in [9.17, 15) is 4.79 Å². The highest BCUT2D eigenvalue weighted by Gasteiger charge is 1.94. The zero-order valence-corrected chi connectivity index (χ0v) is 7.96. The maximum Gasteiger partial charge on any atom is 0.236 e. The summed E-state index contributed by atoms with van der Waals surface area (Å²) in [4.78, 5) is 10.4. The Kier molecular flexibility index (Phi) is 3.04. The van der Waals surface area contributed by atoms with Gasteiger partial charge in [0, 0.05) is 6.92 Å². The number of hydrogen-bond acceptors (Lipinski definition) is 3. The lowest BCUT2D eigenvalue weighted by Crippen LogP contribution is -2.12. The van der Waals surface area contributed by atoms with Crippen molar-refractivity contribution in [2.75, 3.05) is 0 Å². The van der Waals surface area contributed by atoms with Crippen LogP contribution in [0.15, 0.2) is 26.3 Å². The molecule has 0 aliphatic heterocycles. The van der Waals surface area contributed by atoms with Gasteiger partial charge in [-0.3, -0.25) is 4.79 Å². The molecule has 1 aromatic rings. The lowest BCUT2D eigenvalue weighted by atomic mass is 10.5. The van der Waals surface area contributed by atoms with E-state index >= 15 is 0 Å². The summed E-state index contributed by atoms with van der Waals surface area (Å²) < 4.78 is 5.84. The van der Waals surface area contributed by atoms with Crippen LogP contribution in [0.5, 0.6) is 0 Å². The van der Waals surface area contributed by atoms with Gasteiger partial charge in [0.25, 0.3) is 0 Å². The second-order valence-electron chi connectivity index (χ2n) is 2.09. The minimum Gasteiger partial charge on any atom is -0.462 e. The smallest absolute Gasteiger partial charge is 0.236 e. The van der Waals surface area contributed by atoms with Gasteiger partial charge in [-0.05, 0) is 22.0 Å². The van der Waals surface area contributed by atoms with Crippen LogP contribution in [0.25, 0.3) is 0 Å². The van der Waals surface area contributed by atoms with Gasteiger partial charge >= 0.3 is 0 Å². The van der Waals surface area contributed by atoms with Crippen LogP contribution in [-0.2, 0) is 4.79 Å². The molecule has 1 aromatic heterocycles. The summed E-state index contributed by atoms with van der Waals surface area (Å²) in [6, 6.07) is 1.74. The molecule has 0 saturated heterocycles. The van der Waals surface area contributed by atoms with Crippen molar-refractivity contribution < 1.29 is 9.21 Å². The number of furan rings is 1. The third-order valence-electron chi connectivity index (χ3n) is 1.00. The van der Waals surface area contributed by atoms with Crippen LogP contribution >= 0.6 is 15.9 Å². The lowest BCUT2D eigenvalue weighted by Gasteiger charge is -1.87. The highest BCUT2D eigenvalue weighted by atomic mass is 79.9. The number of hydrogen-bond donors (Lipinski definition) is 1. The molecule has 0 bridgehead atoms. The van der Waals surface area contributed by atoms with Crippen LogP contribution in [0.2, 0.25) is 0 Å². The third kappa shape index (κ3) is 2.87. The summed E-state index contributed by atoms with van der Waals surface area (Å²) in [6.07, 6.45) is 2.96. The number of hydrazone groups is 1. The molecule has 1 rings (SSSR count). The molecule has 0 fully saturated rings. The van der Waals surface area contributed by atoms with Gasteiger partial charge in [0.15, 0.2) is 0 Å². The van der Waals surface area contributed by atoms with Crippen LogP contribution in [0.3, 0.4) is 0 Å². The van der Waals surface area contributed by atoms with Crippen molar-refractivity contribution >= 4 is 28.1 Å². The van der Waals surface area contributed by atoms with Crippen LogP contribution in [0.1, 0.15) is 12.7 Å². The molecule has 1 heterocycles. The van der Waals surface area contributed by atoms with Crippen molar-refractivity contribution in [1.82, 2.24) is 5.43 Å². The summed E-state index contributed by atoms with van der Waals surface area (Å²) in [7, 11) is 0. The minimum absolute atomic E-state index is 0.211. The lowest BCUT2D eigenvalue weighted by molar-refractivity contribution is -0.118. The van der Waals surface area contributed by atoms with Gasteiger partial charge in [0.2, 0.25) is 5.91 Å². The summed E-state index contributed by atoms with van der Waals surface area (Å²) in [5.41, 5.74) is 2.26. The van der Waals surface area contributed by atoms with Crippen molar-refractivity contribution in [2.45, 2.75) is 6.92 Å². The van der Waals surface area contributed by atoms with Gasteiger partial charge in [-0.25, -0.2) is 5.43 Å². The predicted molar refractivity (Wildman–Crippen MR) is 47.8 cm³/mol. The monoisotopic (exact) mass is 230 g/mol. The molecule has 0 radical (unpaired) electrons. The highest BCUT2D eigenvalue weighted by molar-refractivity contribution is 9.10. The third-order valence-corrected chi connectivity index (χ3v) is 1.42. The Morgan fingerprint density at radius 3 is 3.08 bits per heavy atom. The number of nitrogens with zero attached hydrogens (tertiary/aromatic N) is 1. The minimum atomic E-state index is -0.211. The van der Waals surface area contributed by atoms with Crippen molar-refractivity contribution in [3.8, 4) is 0 Å². The normalized spacial score (nSPS) is 10.5. The molecule has 12 heavy (non-hydrogen) atoms. The van der Waals surface area contributed by atoms with E-state index in [1.54, 1.807) is 6.07 Å². The van der Waals surface area contributed by atoms with Gasteiger partial charge in [0.05, 0.1) is 10.7 Å². The predicted octanol–water partition coefficient (Wildman–Crippen LogP) is 1.51. The molecule has 0 atom stereocenters. The second-order valence-corrected chi connectivity index (χ2v) is 3.01. The first kappa shape index (κ1) is 8.99. The van der Waals surface area contributed by atoms with E-state index in [2.05, 4.69) is 26.5 Å². The topological polar surface area (TPSA) is 54.6 Å². The van der Waals surface area contributed by atoms with Crippen LogP contribution in [0, 0.1) is 0 Å². The zero-order chi connectivity index (χ0) is 8.97. The van der Waals surface area contributed by atoms with E-state index < -0.39 is 0 Å².